The number of hydrogen-bond acceptors (Lipinski definition) is 4. The molecule has 0 atom stereocenters. The number of halogens is 3. The summed E-state index contributed by atoms with van der Waals surface area (Å²) in [6.45, 7) is 2.22. The number of carbonyl (C=O) groups excluding carboxylic acids is 1. The standard InChI is InChI=1S/C20H20Cl2FN3O2/c21-13-9-15(22)20(24-10-13)26-7-5-12(6-8-26)11-28-17-3-2-16(23)19-14(17)1-4-18(27)25-19/h2-3,9-10,12H,1,4-8,11H2,(H,25,27). The van der Waals surface area contributed by atoms with Crippen LogP contribution in [0.25, 0.3) is 0 Å². The van der Waals surface area contributed by atoms with Crippen LogP contribution in [0.15, 0.2) is 24.4 Å². The molecule has 0 radical (unpaired) electrons. The average Bonchev–Trinajstić information content (AvgIpc) is 2.68. The zero-order chi connectivity index (χ0) is 19.7. The Labute approximate surface area is 172 Å². The van der Waals surface area contributed by atoms with Crippen LogP contribution in [0.2, 0.25) is 10.0 Å². The Morgan fingerprint density at radius 1 is 1.25 bits per heavy atom. The normalized spacial score (nSPS) is 17.2. The molecule has 1 fully saturated rings. The van der Waals surface area contributed by atoms with Crippen molar-refractivity contribution in [2.75, 3.05) is 29.9 Å². The summed E-state index contributed by atoms with van der Waals surface area (Å²) in [6, 6.07) is 4.70. The highest BCUT2D eigenvalue weighted by Gasteiger charge is 2.25. The zero-order valence-corrected chi connectivity index (χ0v) is 16.7. The van der Waals surface area contributed by atoms with Gasteiger partial charge in [-0.05, 0) is 43.4 Å². The van der Waals surface area contributed by atoms with Crippen LogP contribution in [0.1, 0.15) is 24.8 Å². The van der Waals surface area contributed by atoms with Crippen LogP contribution in [0.4, 0.5) is 15.9 Å². The van der Waals surface area contributed by atoms with Crippen molar-refractivity contribution < 1.29 is 13.9 Å². The van der Waals surface area contributed by atoms with E-state index in [9.17, 15) is 9.18 Å². The molecule has 28 heavy (non-hydrogen) atoms. The molecular weight excluding hydrogens is 404 g/mol. The first kappa shape index (κ1) is 19.3. The quantitative estimate of drug-likeness (QED) is 0.773. The number of hydrogen-bond donors (Lipinski definition) is 1. The van der Waals surface area contributed by atoms with Crippen molar-refractivity contribution in [1.29, 1.82) is 0 Å². The highest BCUT2D eigenvalue weighted by molar-refractivity contribution is 6.36. The zero-order valence-electron chi connectivity index (χ0n) is 15.2. The number of nitrogens with one attached hydrogen (secondary N) is 1. The van der Waals surface area contributed by atoms with Gasteiger partial charge in [0.05, 0.1) is 22.3 Å². The second-order valence-corrected chi connectivity index (χ2v) is 7.99. The Balaban J connectivity index is 1.36. The van der Waals surface area contributed by atoms with Gasteiger partial charge in [0.15, 0.2) is 0 Å². The van der Waals surface area contributed by atoms with Gasteiger partial charge in [-0.15, -0.1) is 0 Å². The monoisotopic (exact) mass is 423 g/mol. The lowest BCUT2D eigenvalue weighted by molar-refractivity contribution is -0.116. The second-order valence-electron chi connectivity index (χ2n) is 7.15. The molecule has 0 spiro atoms. The van der Waals surface area contributed by atoms with E-state index >= 15 is 0 Å². The van der Waals surface area contributed by atoms with Crippen LogP contribution in [-0.2, 0) is 11.2 Å². The van der Waals surface area contributed by atoms with Crippen molar-refractivity contribution in [1.82, 2.24) is 4.98 Å². The summed E-state index contributed by atoms with van der Waals surface area (Å²) in [7, 11) is 0. The van der Waals surface area contributed by atoms with Gasteiger partial charge in [0.25, 0.3) is 0 Å². The van der Waals surface area contributed by atoms with Crippen LogP contribution < -0.4 is 15.0 Å². The van der Waals surface area contributed by atoms with Gasteiger partial charge in [-0.25, -0.2) is 9.37 Å². The Morgan fingerprint density at radius 3 is 2.79 bits per heavy atom. The Hall–Kier alpha value is -2.05. The van der Waals surface area contributed by atoms with Crippen molar-refractivity contribution >= 4 is 40.6 Å². The molecule has 1 N–H and O–H groups in total. The van der Waals surface area contributed by atoms with E-state index in [1.54, 1.807) is 18.3 Å². The summed E-state index contributed by atoms with van der Waals surface area (Å²) >= 11 is 12.2. The molecule has 1 aromatic heterocycles. The van der Waals surface area contributed by atoms with Crippen LogP contribution in [-0.4, -0.2) is 30.6 Å². The minimum atomic E-state index is -0.420. The van der Waals surface area contributed by atoms with E-state index in [0.717, 1.165) is 37.3 Å². The van der Waals surface area contributed by atoms with Crippen molar-refractivity contribution in [2.24, 2.45) is 5.92 Å². The van der Waals surface area contributed by atoms with E-state index in [4.69, 9.17) is 27.9 Å². The smallest absolute Gasteiger partial charge is 0.224 e. The highest BCUT2D eigenvalue weighted by Crippen LogP contribution is 2.35. The fourth-order valence-corrected chi connectivity index (χ4v) is 4.22. The number of pyridine rings is 1. The molecule has 2 aliphatic rings. The number of aromatic nitrogens is 1. The predicted octanol–water partition coefficient (Wildman–Crippen LogP) is 4.71. The molecule has 3 heterocycles. The lowest BCUT2D eigenvalue weighted by atomic mass is 9.97. The lowest BCUT2D eigenvalue weighted by Gasteiger charge is -2.33. The SMILES string of the molecule is O=C1CCc2c(OCC3CCN(c4ncc(Cl)cc4Cl)CC3)ccc(F)c2N1. The van der Waals surface area contributed by atoms with Crippen molar-refractivity contribution in [3.8, 4) is 5.75 Å². The first-order chi connectivity index (χ1) is 13.5. The Kier molecular flexibility index (Phi) is 5.60. The third kappa shape index (κ3) is 4.03. The molecule has 0 bridgehead atoms. The number of anilines is 2. The average molecular weight is 424 g/mol. The molecule has 0 unspecified atom stereocenters. The molecule has 4 rings (SSSR count). The summed E-state index contributed by atoms with van der Waals surface area (Å²) in [4.78, 5) is 18.0. The van der Waals surface area contributed by atoms with Gasteiger partial charge in [-0.2, -0.15) is 0 Å². The van der Waals surface area contributed by atoms with Crippen LogP contribution >= 0.6 is 23.2 Å². The largest absolute Gasteiger partial charge is 0.493 e. The molecule has 1 aromatic carbocycles. The van der Waals surface area contributed by atoms with E-state index in [1.807, 2.05) is 0 Å². The molecule has 1 amide bonds. The van der Waals surface area contributed by atoms with Crippen LogP contribution in [0.3, 0.4) is 0 Å². The van der Waals surface area contributed by atoms with Gasteiger partial charge in [0.2, 0.25) is 5.91 Å². The Bertz CT molecular complexity index is 901. The second kappa shape index (κ2) is 8.13. The van der Waals surface area contributed by atoms with E-state index in [1.165, 1.54) is 6.07 Å². The molecule has 5 nitrogen and oxygen atoms in total. The maximum atomic E-state index is 14.0. The number of fused-ring (bicyclic) bond motifs is 1. The summed E-state index contributed by atoms with van der Waals surface area (Å²) in [5, 5.41) is 3.69. The third-order valence-corrected chi connectivity index (χ3v) is 5.75. The minimum absolute atomic E-state index is 0.162. The molecular formula is C20H20Cl2FN3O2. The lowest BCUT2D eigenvalue weighted by Crippen LogP contribution is -2.36. The van der Waals surface area contributed by atoms with E-state index in [-0.39, 0.29) is 11.6 Å². The Morgan fingerprint density at radius 2 is 2.04 bits per heavy atom. The maximum Gasteiger partial charge on any atom is 0.224 e. The van der Waals surface area contributed by atoms with Gasteiger partial charge in [-0.1, -0.05) is 23.2 Å². The van der Waals surface area contributed by atoms with E-state index < -0.39 is 5.82 Å². The maximum absolute atomic E-state index is 14.0. The highest BCUT2D eigenvalue weighted by atomic mass is 35.5. The third-order valence-electron chi connectivity index (χ3n) is 5.26. The molecule has 0 saturated carbocycles. The summed E-state index contributed by atoms with van der Waals surface area (Å²) in [5.74, 6) is 1.22. The first-order valence-electron chi connectivity index (χ1n) is 9.31. The van der Waals surface area contributed by atoms with Crippen molar-refractivity contribution in [3.05, 3.63) is 45.8 Å². The first-order valence-corrected chi connectivity index (χ1v) is 10.1. The van der Waals surface area contributed by atoms with Gasteiger partial charge >= 0.3 is 0 Å². The number of rotatable bonds is 4. The van der Waals surface area contributed by atoms with Gasteiger partial charge in [0, 0.05) is 31.3 Å². The molecule has 1 saturated heterocycles. The van der Waals surface area contributed by atoms with Gasteiger partial charge in [0.1, 0.15) is 17.4 Å². The van der Waals surface area contributed by atoms with Gasteiger partial charge < -0.3 is 15.0 Å². The summed E-state index contributed by atoms with van der Waals surface area (Å²) in [5.41, 5.74) is 1.00. The minimum Gasteiger partial charge on any atom is -0.493 e. The fourth-order valence-electron chi connectivity index (χ4n) is 3.72. The molecule has 2 aromatic rings. The fraction of sp³-hybridized carbons (Fsp3) is 0.400. The molecule has 148 valence electrons. The molecule has 2 aliphatic heterocycles. The van der Waals surface area contributed by atoms with E-state index in [0.29, 0.717) is 41.2 Å². The van der Waals surface area contributed by atoms with Crippen LogP contribution in [0, 0.1) is 11.7 Å². The number of amides is 1. The predicted molar refractivity (Wildman–Crippen MR) is 108 cm³/mol. The van der Waals surface area contributed by atoms with Crippen molar-refractivity contribution in [2.45, 2.75) is 25.7 Å². The number of carbonyl (C=O) groups is 1. The molecule has 8 heteroatoms. The van der Waals surface area contributed by atoms with Crippen molar-refractivity contribution in [3.63, 3.8) is 0 Å². The number of ether oxygens (including phenoxy) is 1. The number of piperidine rings is 1. The van der Waals surface area contributed by atoms with E-state index in [2.05, 4.69) is 15.2 Å². The van der Waals surface area contributed by atoms with Gasteiger partial charge in [-0.3, -0.25) is 4.79 Å². The summed E-state index contributed by atoms with van der Waals surface area (Å²) in [6.07, 6.45) is 4.34. The topological polar surface area (TPSA) is 54.5 Å². The van der Waals surface area contributed by atoms with Crippen LogP contribution in [0.5, 0.6) is 5.75 Å². The molecule has 0 aliphatic carbocycles. The number of nitrogens with zero attached hydrogens (tertiary/aromatic N) is 2. The number of benzene rings is 1. The summed E-state index contributed by atoms with van der Waals surface area (Å²) < 4.78 is 20.0.